The standard InChI is InChI=1S/C8H13NO4/c10-6(11)8(9-7(12)13)4-2-1-3-5-8/h9H,1-5H2,(H,10,11)(H,12,13). The Labute approximate surface area is 75.7 Å². The summed E-state index contributed by atoms with van der Waals surface area (Å²) in [6.45, 7) is 0. The summed E-state index contributed by atoms with van der Waals surface area (Å²) in [5, 5.41) is 19.5. The first-order chi connectivity index (χ1) is 6.07. The molecule has 0 radical (unpaired) electrons. The van der Waals surface area contributed by atoms with Gasteiger partial charge in [0.25, 0.3) is 0 Å². The number of hydrogen-bond acceptors (Lipinski definition) is 2. The zero-order valence-corrected chi connectivity index (χ0v) is 7.25. The third kappa shape index (κ3) is 2.11. The van der Waals surface area contributed by atoms with E-state index in [0.29, 0.717) is 12.8 Å². The lowest BCUT2D eigenvalue weighted by molar-refractivity contribution is -0.146. The van der Waals surface area contributed by atoms with Crippen LogP contribution in [0.2, 0.25) is 0 Å². The van der Waals surface area contributed by atoms with Crippen LogP contribution in [0, 0.1) is 0 Å². The van der Waals surface area contributed by atoms with Gasteiger partial charge < -0.3 is 15.5 Å². The molecule has 0 bridgehead atoms. The highest BCUT2D eigenvalue weighted by Crippen LogP contribution is 2.28. The first kappa shape index (κ1) is 9.83. The Hall–Kier alpha value is -1.26. The maximum absolute atomic E-state index is 10.9. The van der Waals surface area contributed by atoms with Crippen LogP contribution in [0.5, 0.6) is 0 Å². The summed E-state index contributed by atoms with van der Waals surface area (Å²) in [6.07, 6.45) is 2.06. The summed E-state index contributed by atoms with van der Waals surface area (Å²) in [5.41, 5.74) is -1.23. The van der Waals surface area contributed by atoms with Crippen LogP contribution in [0.3, 0.4) is 0 Å². The van der Waals surface area contributed by atoms with E-state index in [0.717, 1.165) is 19.3 Å². The van der Waals surface area contributed by atoms with Crippen LogP contribution in [0.1, 0.15) is 32.1 Å². The molecule has 1 rings (SSSR count). The number of nitrogens with one attached hydrogen (secondary N) is 1. The predicted molar refractivity (Wildman–Crippen MR) is 44.6 cm³/mol. The Morgan fingerprint density at radius 1 is 1.08 bits per heavy atom. The molecule has 0 unspecified atom stereocenters. The fourth-order valence-electron chi connectivity index (χ4n) is 1.75. The molecule has 0 heterocycles. The predicted octanol–water partition coefficient (Wildman–Crippen LogP) is 1.04. The molecule has 0 spiro atoms. The van der Waals surface area contributed by atoms with Gasteiger partial charge in [-0.15, -0.1) is 0 Å². The summed E-state index contributed by atoms with van der Waals surface area (Å²) in [5.74, 6) is -1.06. The first-order valence-electron chi connectivity index (χ1n) is 4.31. The molecule has 0 aliphatic heterocycles. The lowest BCUT2D eigenvalue weighted by Crippen LogP contribution is -2.55. The van der Waals surface area contributed by atoms with Crippen molar-refractivity contribution < 1.29 is 19.8 Å². The van der Waals surface area contributed by atoms with Crippen LogP contribution in [-0.4, -0.2) is 27.8 Å². The summed E-state index contributed by atoms with van der Waals surface area (Å²) >= 11 is 0. The van der Waals surface area contributed by atoms with E-state index in [1.54, 1.807) is 0 Å². The highest BCUT2D eigenvalue weighted by atomic mass is 16.4. The molecular weight excluding hydrogens is 174 g/mol. The summed E-state index contributed by atoms with van der Waals surface area (Å²) in [4.78, 5) is 21.3. The van der Waals surface area contributed by atoms with E-state index < -0.39 is 17.6 Å². The second-order valence-electron chi connectivity index (χ2n) is 3.38. The van der Waals surface area contributed by atoms with E-state index in [4.69, 9.17) is 10.2 Å². The third-order valence-corrected chi connectivity index (χ3v) is 2.46. The van der Waals surface area contributed by atoms with Gasteiger partial charge in [0.05, 0.1) is 0 Å². The van der Waals surface area contributed by atoms with E-state index >= 15 is 0 Å². The van der Waals surface area contributed by atoms with E-state index in [1.165, 1.54) is 0 Å². The minimum atomic E-state index is -1.26. The average molecular weight is 187 g/mol. The molecule has 0 saturated heterocycles. The van der Waals surface area contributed by atoms with Crippen LogP contribution >= 0.6 is 0 Å². The molecule has 0 atom stereocenters. The van der Waals surface area contributed by atoms with Gasteiger partial charge in [-0.05, 0) is 12.8 Å². The van der Waals surface area contributed by atoms with E-state index in [-0.39, 0.29) is 0 Å². The number of carboxylic acids is 1. The summed E-state index contributed by atoms with van der Waals surface area (Å²) < 4.78 is 0. The highest BCUT2D eigenvalue weighted by Gasteiger charge is 2.40. The van der Waals surface area contributed by atoms with Crippen molar-refractivity contribution in [3.8, 4) is 0 Å². The topological polar surface area (TPSA) is 86.6 Å². The number of aliphatic carboxylic acids is 1. The number of carbonyl (C=O) groups is 2. The van der Waals surface area contributed by atoms with Gasteiger partial charge >= 0.3 is 12.1 Å². The fraction of sp³-hybridized carbons (Fsp3) is 0.750. The molecule has 5 nitrogen and oxygen atoms in total. The Morgan fingerprint density at radius 3 is 2.00 bits per heavy atom. The molecule has 1 saturated carbocycles. The van der Waals surface area contributed by atoms with Crippen molar-refractivity contribution in [2.75, 3.05) is 0 Å². The van der Waals surface area contributed by atoms with Crippen molar-refractivity contribution in [3.05, 3.63) is 0 Å². The second kappa shape index (κ2) is 3.64. The minimum absolute atomic E-state index is 0.397. The van der Waals surface area contributed by atoms with E-state index in [2.05, 4.69) is 5.32 Å². The van der Waals surface area contributed by atoms with Gasteiger partial charge in [-0.25, -0.2) is 9.59 Å². The maximum Gasteiger partial charge on any atom is 0.405 e. The van der Waals surface area contributed by atoms with Crippen LogP contribution < -0.4 is 5.32 Å². The largest absolute Gasteiger partial charge is 0.480 e. The van der Waals surface area contributed by atoms with Gasteiger partial charge in [-0.1, -0.05) is 19.3 Å². The number of carboxylic acid groups (broad SMARTS) is 2. The molecule has 1 fully saturated rings. The Morgan fingerprint density at radius 2 is 1.62 bits per heavy atom. The van der Waals surface area contributed by atoms with Gasteiger partial charge in [0.2, 0.25) is 0 Å². The number of rotatable bonds is 2. The summed E-state index contributed by atoms with van der Waals surface area (Å²) in [7, 11) is 0. The second-order valence-corrected chi connectivity index (χ2v) is 3.38. The molecule has 0 aromatic carbocycles. The van der Waals surface area contributed by atoms with Crippen LogP contribution in [0.15, 0.2) is 0 Å². The SMILES string of the molecule is O=C(O)NC1(C(=O)O)CCCCC1. The molecular formula is C8H13NO4. The Bertz CT molecular complexity index is 220. The molecule has 1 aliphatic rings. The average Bonchev–Trinajstić information content (AvgIpc) is 2.04. The quantitative estimate of drug-likeness (QED) is 0.602. The fourth-order valence-corrected chi connectivity index (χ4v) is 1.75. The zero-order chi connectivity index (χ0) is 9.90. The van der Waals surface area contributed by atoms with Crippen molar-refractivity contribution in [2.24, 2.45) is 0 Å². The van der Waals surface area contributed by atoms with Gasteiger partial charge in [-0.3, -0.25) is 0 Å². The van der Waals surface area contributed by atoms with Crippen LogP contribution in [-0.2, 0) is 4.79 Å². The Kier molecular flexibility index (Phi) is 2.75. The van der Waals surface area contributed by atoms with Gasteiger partial charge in [0.1, 0.15) is 5.54 Å². The van der Waals surface area contributed by atoms with Gasteiger partial charge in [-0.2, -0.15) is 0 Å². The minimum Gasteiger partial charge on any atom is -0.480 e. The molecule has 3 N–H and O–H groups in total. The van der Waals surface area contributed by atoms with Crippen molar-refractivity contribution in [3.63, 3.8) is 0 Å². The highest BCUT2D eigenvalue weighted by molar-refractivity contribution is 5.83. The first-order valence-corrected chi connectivity index (χ1v) is 4.31. The molecule has 13 heavy (non-hydrogen) atoms. The summed E-state index contributed by atoms with van der Waals surface area (Å²) in [6, 6.07) is 0. The maximum atomic E-state index is 10.9. The van der Waals surface area contributed by atoms with Crippen LogP contribution in [0.4, 0.5) is 4.79 Å². The lowest BCUT2D eigenvalue weighted by Gasteiger charge is -2.32. The van der Waals surface area contributed by atoms with Gasteiger partial charge in [0, 0.05) is 0 Å². The third-order valence-electron chi connectivity index (χ3n) is 2.46. The van der Waals surface area contributed by atoms with Crippen molar-refractivity contribution in [1.29, 1.82) is 0 Å². The van der Waals surface area contributed by atoms with Crippen LogP contribution in [0.25, 0.3) is 0 Å². The Balaban J connectivity index is 2.73. The van der Waals surface area contributed by atoms with Crippen molar-refractivity contribution >= 4 is 12.1 Å². The van der Waals surface area contributed by atoms with Gasteiger partial charge in [0.15, 0.2) is 0 Å². The molecule has 0 aromatic heterocycles. The van der Waals surface area contributed by atoms with Crippen molar-refractivity contribution in [2.45, 2.75) is 37.6 Å². The van der Waals surface area contributed by atoms with E-state index in [9.17, 15) is 9.59 Å². The normalized spacial score (nSPS) is 20.6. The number of hydrogen-bond donors (Lipinski definition) is 3. The lowest BCUT2D eigenvalue weighted by atomic mass is 9.82. The van der Waals surface area contributed by atoms with E-state index in [1.807, 2.05) is 0 Å². The molecule has 0 aromatic rings. The van der Waals surface area contributed by atoms with Crippen molar-refractivity contribution in [1.82, 2.24) is 5.32 Å². The monoisotopic (exact) mass is 187 g/mol. The molecule has 5 heteroatoms. The zero-order valence-electron chi connectivity index (χ0n) is 7.25. The smallest absolute Gasteiger partial charge is 0.405 e. The molecule has 74 valence electrons. The molecule has 1 amide bonds. The molecule has 1 aliphatic carbocycles. The number of amides is 1.